The van der Waals surface area contributed by atoms with E-state index in [1.165, 1.54) is 0 Å². The van der Waals surface area contributed by atoms with Crippen LogP contribution < -0.4 is 0 Å². The minimum absolute atomic E-state index is 0.00694. The van der Waals surface area contributed by atoms with Crippen molar-refractivity contribution in [2.75, 3.05) is 13.2 Å². The van der Waals surface area contributed by atoms with Crippen LogP contribution in [0.25, 0.3) is 0 Å². The van der Waals surface area contributed by atoms with Crippen LogP contribution in [0.2, 0.25) is 0 Å². The molecule has 60 valence electrons. The molecule has 0 aromatic carbocycles. The molecule has 1 aliphatic rings. The van der Waals surface area contributed by atoms with Gasteiger partial charge in [0.15, 0.2) is 0 Å². The second kappa shape index (κ2) is 2.65. The van der Waals surface area contributed by atoms with E-state index in [2.05, 4.69) is 4.74 Å². The maximum absolute atomic E-state index is 10.6. The lowest BCUT2D eigenvalue weighted by Crippen LogP contribution is -2.29. The fourth-order valence-electron chi connectivity index (χ4n) is 0.792. The summed E-state index contributed by atoms with van der Waals surface area (Å²) in [6, 6.07) is 0. The van der Waals surface area contributed by atoms with Crippen molar-refractivity contribution in [3.05, 3.63) is 0 Å². The third-order valence-corrected chi connectivity index (χ3v) is 3.22. The SMILES string of the molecule is O=S(=O)(Cl)[C@@H]1COC[C@H]1O. The first-order valence-corrected chi connectivity index (χ1v) is 5.08. The van der Waals surface area contributed by atoms with Crippen molar-refractivity contribution in [1.82, 2.24) is 0 Å². The molecule has 0 aromatic rings. The number of ether oxygens (including phenoxy) is 1. The maximum Gasteiger partial charge on any atom is 0.240 e. The van der Waals surface area contributed by atoms with Crippen LogP contribution in [-0.4, -0.2) is 38.1 Å². The van der Waals surface area contributed by atoms with Gasteiger partial charge in [-0.1, -0.05) is 0 Å². The first-order chi connectivity index (χ1) is 4.52. The van der Waals surface area contributed by atoms with Gasteiger partial charge in [-0.2, -0.15) is 0 Å². The van der Waals surface area contributed by atoms with Crippen molar-refractivity contribution >= 4 is 19.7 Å². The van der Waals surface area contributed by atoms with E-state index in [9.17, 15) is 8.42 Å². The van der Waals surface area contributed by atoms with Gasteiger partial charge >= 0.3 is 0 Å². The van der Waals surface area contributed by atoms with E-state index >= 15 is 0 Å². The zero-order valence-electron chi connectivity index (χ0n) is 5.03. The Morgan fingerprint density at radius 1 is 1.50 bits per heavy atom. The molecule has 0 amide bonds. The highest BCUT2D eigenvalue weighted by molar-refractivity contribution is 8.14. The number of hydrogen-bond donors (Lipinski definition) is 1. The van der Waals surface area contributed by atoms with Crippen LogP contribution in [0.4, 0.5) is 0 Å². The van der Waals surface area contributed by atoms with Gasteiger partial charge < -0.3 is 9.84 Å². The quantitative estimate of drug-likeness (QED) is 0.551. The van der Waals surface area contributed by atoms with Crippen LogP contribution in [0.15, 0.2) is 0 Å². The van der Waals surface area contributed by atoms with Gasteiger partial charge in [-0.25, -0.2) is 8.42 Å². The summed E-state index contributed by atoms with van der Waals surface area (Å²) in [7, 11) is 1.31. The monoisotopic (exact) mass is 186 g/mol. The van der Waals surface area contributed by atoms with Crippen molar-refractivity contribution in [2.24, 2.45) is 0 Å². The van der Waals surface area contributed by atoms with Gasteiger partial charge in [0.1, 0.15) is 5.25 Å². The molecular formula is C4H7ClO4S. The van der Waals surface area contributed by atoms with E-state index in [-0.39, 0.29) is 13.2 Å². The second-order valence-corrected chi connectivity index (χ2v) is 4.97. The highest BCUT2D eigenvalue weighted by Gasteiger charge is 2.36. The molecule has 10 heavy (non-hydrogen) atoms. The summed E-state index contributed by atoms with van der Waals surface area (Å²) in [5.74, 6) is 0. The summed E-state index contributed by atoms with van der Waals surface area (Å²) in [6.07, 6.45) is -0.970. The Balaban J connectivity index is 2.74. The third kappa shape index (κ3) is 1.60. The number of halogens is 1. The van der Waals surface area contributed by atoms with Gasteiger partial charge in [0, 0.05) is 10.7 Å². The van der Waals surface area contributed by atoms with Crippen LogP contribution >= 0.6 is 10.7 Å². The molecule has 0 saturated carbocycles. The number of rotatable bonds is 1. The summed E-state index contributed by atoms with van der Waals surface area (Å²) in [5, 5.41) is 7.99. The topological polar surface area (TPSA) is 63.6 Å². The van der Waals surface area contributed by atoms with E-state index in [1.807, 2.05) is 0 Å². The van der Waals surface area contributed by atoms with Crippen LogP contribution in [0.1, 0.15) is 0 Å². The van der Waals surface area contributed by atoms with Crippen molar-refractivity contribution in [3.8, 4) is 0 Å². The first kappa shape index (κ1) is 8.26. The fourth-order valence-corrected chi connectivity index (χ4v) is 2.02. The van der Waals surface area contributed by atoms with Crippen LogP contribution in [0, 0.1) is 0 Å². The molecule has 1 aliphatic heterocycles. The molecule has 2 atom stereocenters. The molecule has 1 saturated heterocycles. The van der Waals surface area contributed by atoms with Gasteiger partial charge in [-0.15, -0.1) is 0 Å². The predicted molar refractivity (Wildman–Crippen MR) is 35.4 cm³/mol. The lowest BCUT2D eigenvalue weighted by atomic mass is 10.3. The van der Waals surface area contributed by atoms with Crippen LogP contribution in [-0.2, 0) is 13.8 Å². The average Bonchev–Trinajstić information content (AvgIpc) is 2.11. The van der Waals surface area contributed by atoms with E-state index < -0.39 is 20.4 Å². The Morgan fingerprint density at radius 2 is 2.10 bits per heavy atom. The number of aliphatic hydroxyl groups excluding tert-OH is 1. The van der Waals surface area contributed by atoms with Gasteiger partial charge in [0.05, 0.1) is 19.3 Å². The summed E-state index contributed by atoms with van der Waals surface area (Å²) >= 11 is 0. The maximum atomic E-state index is 10.6. The molecule has 0 unspecified atom stereocenters. The zero-order chi connectivity index (χ0) is 7.78. The van der Waals surface area contributed by atoms with E-state index in [0.29, 0.717) is 0 Å². The predicted octanol–water partition coefficient (Wildman–Crippen LogP) is -0.685. The van der Waals surface area contributed by atoms with Gasteiger partial charge in [0.25, 0.3) is 0 Å². The Labute approximate surface area is 63.2 Å². The fraction of sp³-hybridized carbons (Fsp3) is 1.00. The lowest BCUT2D eigenvalue weighted by Gasteiger charge is -2.05. The standard InChI is InChI=1S/C4H7ClO4S/c5-10(7,8)4-2-9-1-3(4)6/h3-4,6H,1-2H2/t3-,4-/m1/s1. The molecule has 0 aromatic heterocycles. The molecule has 4 nitrogen and oxygen atoms in total. The highest BCUT2D eigenvalue weighted by atomic mass is 35.7. The van der Waals surface area contributed by atoms with Crippen molar-refractivity contribution < 1.29 is 18.3 Å². The molecule has 1 rings (SSSR count). The van der Waals surface area contributed by atoms with Gasteiger partial charge in [-0.05, 0) is 0 Å². The molecule has 0 aliphatic carbocycles. The second-order valence-electron chi connectivity index (χ2n) is 2.12. The third-order valence-electron chi connectivity index (χ3n) is 1.36. The Hall–Kier alpha value is 0.160. The molecule has 1 fully saturated rings. The summed E-state index contributed by atoms with van der Waals surface area (Å²) < 4.78 is 25.8. The van der Waals surface area contributed by atoms with E-state index in [4.69, 9.17) is 15.8 Å². The van der Waals surface area contributed by atoms with Gasteiger partial charge in [0.2, 0.25) is 9.05 Å². The molecule has 1 N–H and O–H groups in total. The molecule has 0 bridgehead atoms. The summed E-state index contributed by atoms with van der Waals surface area (Å²) in [6.45, 7) is 0.0453. The minimum atomic E-state index is -3.65. The minimum Gasteiger partial charge on any atom is -0.389 e. The highest BCUT2D eigenvalue weighted by Crippen LogP contribution is 2.17. The zero-order valence-corrected chi connectivity index (χ0v) is 6.60. The average molecular weight is 187 g/mol. The molecule has 6 heteroatoms. The van der Waals surface area contributed by atoms with E-state index in [1.54, 1.807) is 0 Å². The molecule has 0 spiro atoms. The van der Waals surface area contributed by atoms with Crippen molar-refractivity contribution in [1.29, 1.82) is 0 Å². The number of aliphatic hydroxyl groups is 1. The van der Waals surface area contributed by atoms with E-state index in [0.717, 1.165) is 0 Å². The summed E-state index contributed by atoms with van der Waals surface area (Å²) in [4.78, 5) is 0. The Kier molecular flexibility index (Phi) is 2.19. The Morgan fingerprint density at radius 3 is 2.30 bits per heavy atom. The van der Waals surface area contributed by atoms with Crippen molar-refractivity contribution in [2.45, 2.75) is 11.4 Å². The first-order valence-electron chi connectivity index (χ1n) is 2.71. The summed E-state index contributed by atoms with van der Waals surface area (Å²) in [5.41, 5.74) is 0. The normalized spacial score (nSPS) is 34.6. The smallest absolute Gasteiger partial charge is 0.240 e. The Bertz CT molecular complexity index is 211. The molecule has 1 heterocycles. The van der Waals surface area contributed by atoms with Crippen LogP contribution in [0.3, 0.4) is 0 Å². The molecular weight excluding hydrogens is 180 g/mol. The van der Waals surface area contributed by atoms with Crippen molar-refractivity contribution in [3.63, 3.8) is 0 Å². The lowest BCUT2D eigenvalue weighted by molar-refractivity contribution is 0.127. The largest absolute Gasteiger partial charge is 0.389 e. The molecule has 0 radical (unpaired) electrons. The van der Waals surface area contributed by atoms with Crippen LogP contribution in [0.5, 0.6) is 0 Å². The van der Waals surface area contributed by atoms with Gasteiger partial charge in [-0.3, -0.25) is 0 Å². The number of hydrogen-bond acceptors (Lipinski definition) is 4.